The van der Waals surface area contributed by atoms with Gasteiger partial charge in [-0.2, -0.15) is 13.2 Å². The molecule has 0 amide bonds. The van der Waals surface area contributed by atoms with Gasteiger partial charge in [0.15, 0.2) is 0 Å². The molecule has 0 aliphatic carbocycles. The molecule has 20 heavy (non-hydrogen) atoms. The maximum atomic E-state index is 12.9. The van der Waals surface area contributed by atoms with Crippen molar-refractivity contribution in [2.45, 2.75) is 33.9 Å². The average molecular weight is 289 g/mol. The van der Waals surface area contributed by atoms with Crippen LogP contribution < -0.4 is 10.2 Å². The smallest absolute Gasteiger partial charge is 0.370 e. The maximum absolute atomic E-state index is 12.9. The van der Waals surface area contributed by atoms with E-state index in [1.165, 1.54) is 0 Å². The summed E-state index contributed by atoms with van der Waals surface area (Å²) in [5.74, 6) is 0.573. The number of hydrogen-bond acceptors (Lipinski definition) is 3. The van der Waals surface area contributed by atoms with E-state index in [1.807, 2.05) is 27.7 Å². The molecule has 1 aromatic heterocycles. The first-order valence-corrected chi connectivity index (χ1v) is 6.57. The van der Waals surface area contributed by atoms with Crippen LogP contribution in [0.4, 0.5) is 24.8 Å². The molecule has 1 rings (SSSR count). The number of aromatic nitrogens is 1. The molecule has 1 aromatic rings. The van der Waals surface area contributed by atoms with Crippen molar-refractivity contribution >= 4 is 11.6 Å². The minimum Gasteiger partial charge on any atom is -0.370 e. The quantitative estimate of drug-likeness (QED) is 0.907. The van der Waals surface area contributed by atoms with E-state index in [2.05, 4.69) is 10.3 Å². The zero-order chi connectivity index (χ0) is 15.6. The number of hydrogen-bond donors (Lipinski definition) is 1. The average Bonchev–Trinajstić information content (AvgIpc) is 2.25. The van der Waals surface area contributed by atoms with E-state index in [0.29, 0.717) is 18.9 Å². The Hall–Kier alpha value is -1.46. The van der Waals surface area contributed by atoms with Crippen LogP contribution in [0.25, 0.3) is 0 Å². The van der Waals surface area contributed by atoms with E-state index in [-0.39, 0.29) is 11.2 Å². The summed E-state index contributed by atoms with van der Waals surface area (Å²) in [4.78, 5) is 5.98. The maximum Gasteiger partial charge on any atom is 0.416 e. The Kier molecular flexibility index (Phi) is 4.89. The SMILES string of the molecule is CCNc1cc(C(F)(F)F)cc(N(C)CC(C)(C)C)n1. The summed E-state index contributed by atoms with van der Waals surface area (Å²) < 4.78 is 38.7. The molecule has 0 fully saturated rings. The molecule has 1 heterocycles. The largest absolute Gasteiger partial charge is 0.416 e. The third kappa shape index (κ3) is 4.90. The molecule has 0 radical (unpaired) electrons. The molecule has 0 aromatic carbocycles. The predicted molar refractivity (Wildman–Crippen MR) is 76.1 cm³/mol. The lowest BCUT2D eigenvalue weighted by molar-refractivity contribution is -0.137. The second kappa shape index (κ2) is 5.89. The highest BCUT2D eigenvalue weighted by molar-refractivity contribution is 5.51. The van der Waals surface area contributed by atoms with Gasteiger partial charge in [0, 0.05) is 20.1 Å². The first-order valence-electron chi connectivity index (χ1n) is 6.57. The highest BCUT2D eigenvalue weighted by Crippen LogP contribution is 2.33. The van der Waals surface area contributed by atoms with Crippen molar-refractivity contribution in [2.75, 3.05) is 30.4 Å². The summed E-state index contributed by atoms with van der Waals surface area (Å²) in [5, 5.41) is 2.84. The highest BCUT2D eigenvalue weighted by atomic mass is 19.4. The van der Waals surface area contributed by atoms with Crippen LogP contribution in [0.2, 0.25) is 0 Å². The van der Waals surface area contributed by atoms with E-state index in [9.17, 15) is 13.2 Å². The predicted octanol–water partition coefficient (Wildman–Crippen LogP) is 4.01. The van der Waals surface area contributed by atoms with Gasteiger partial charge in [0.1, 0.15) is 11.6 Å². The van der Waals surface area contributed by atoms with Crippen LogP contribution in [0.1, 0.15) is 33.3 Å². The molecule has 0 saturated heterocycles. The Morgan fingerprint density at radius 2 is 1.80 bits per heavy atom. The van der Waals surface area contributed by atoms with Crippen molar-refractivity contribution in [3.05, 3.63) is 17.7 Å². The van der Waals surface area contributed by atoms with Gasteiger partial charge < -0.3 is 10.2 Å². The molecule has 1 N–H and O–H groups in total. The van der Waals surface area contributed by atoms with E-state index in [4.69, 9.17) is 0 Å². The lowest BCUT2D eigenvalue weighted by Gasteiger charge is -2.28. The lowest BCUT2D eigenvalue weighted by Crippen LogP contribution is -2.30. The molecule has 0 aliphatic rings. The molecule has 0 bridgehead atoms. The van der Waals surface area contributed by atoms with Gasteiger partial charge in [0.25, 0.3) is 0 Å². The Morgan fingerprint density at radius 3 is 2.25 bits per heavy atom. The fourth-order valence-corrected chi connectivity index (χ4v) is 1.94. The summed E-state index contributed by atoms with van der Waals surface area (Å²) in [6.45, 7) is 9.05. The molecular formula is C14H22F3N3. The standard InChI is InChI=1S/C14H22F3N3/c1-6-18-11-7-10(14(15,16)17)8-12(19-11)20(5)9-13(2,3)4/h7-8H,6,9H2,1-5H3,(H,18,19). The summed E-state index contributed by atoms with van der Waals surface area (Å²) in [6, 6.07) is 2.13. The molecule has 6 heteroatoms. The number of pyridine rings is 1. The van der Waals surface area contributed by atoms with Crippen LogP contribution in [-0.4, -0.2) is 25.1 Å². The molecule has 3 nitrogen and oxygen atoms in total. The summed E-state index contributed by atoms with van der Waals surface area (Å²) >= 11 is 0. The van der Waals surface area contributed by atoms with Crippen molar-refractivity contribution in [3.63, 3.8) is 0 Å². The number of nitrogens with one attached hydrogen (secondary N) is 1. The molecule has 114 valence electrons. The van der Waals surface area contributed by atoms with Gasteiger partial charge in [-0.1, -0.05) is 20.8 Å². The third-order valence-electron chi connectivity index (χ3n) is 2.60. The summed E-state index contributed by atoms with van der Waals surface area (Å²) in [7, 11) is 1.75. The first kappa shape index (κ1) is 16.6. The van der Waals surface area contributed by atoms with Gasteiger partial charge in [-0.25, -0.2) is 4.98 Å². The van der Waals surface area contributed by atoms with Crippen LogP contribution >= 0.6 is 0 Å². The van der Waals surface area contributed by atoms with Crippen molar-refractivity contribution < 1.29 is 13.2 Å². The van der Waals surface area contributed by atoms with E-state index in [1.54, 1.807) is 11.9 Å². The molecule has 0 spiro atoms. The second-order valence-corrected chi connectivity index (χ2v) is 6.04. The van der Waals surface area contributed by atoms with Crippen LogP contribution in [-0.2, 0) is 6.18 Å². The van der Waals surface area contributed by atoms with Gasteiger partial charge >= 0.3 is 6.18 Å². The van der Waals surface area contributed by atoms with Gasteiger partial charge in [0.2, 0.25) is 0 Å². The van der Waals surface area contributed by atoms with Crippen molar-refractivity contribution in [2.24, 2.45) is 5.41 Å². The lowest BCUT2D eigenvalue weighted by atomic mass is 9.96. The molecule has 0 atom stereocenters. The minimum absolute atomic E-state index is 0.0248. The zero-order valence-electron chi connectivity index (χ0n) is 12.6. The molecular weight excluding hydrogens is 267 g/mol. The van der Waals surface area contributed by atoms with E-state index in [0.717, 1.165) is 12.1 Å². The Balaban J connectivity index is 3.15. The Labute approximate surface area is 118 Å². The molecule has 0 aliphatic heterocycles. The fraction of sp³-hybridized carbons (Fsp3) is 0.643. The topological polar surface area (TPSA) is 28.2 Å². The van der Waals surface area contributed by atoms with Gasteiger partial charge in [-0.15, -0.1) is 0 Å². The van der Waals surface area contributed by atoms with Crippen molar-refractivity contribution in [1.82, 2.24) is 4.98 Å². The van der Waals surface area contributed by atoms with E-state index < -0.39 is 11.7 Å². The van der Waals surface area contributed by atoms with Gasteiger partial charge in [-0.05, 0) is 24.5 Å². The van der Waals surface area contributed by atoms with Crippen LogP contribution in [0.5, 0.6) is 0 Å². The number of alkyl halides is 3. The molecule has 0 saturated carbocycles. The van der Waals surface area contributed by atoms with Crippen LogP contribution in [0.3, 0.4) is 0 Å². The Bertz CT molecular complexity index is 450. The number of halogens is 3. The normalized spacial score (nSPS) is 12.4. The van der Waals surface area contributed by atoms with Crippen molar-refractivity contribution in [3.8, 4) is 0 Å². The number of anilines is 2. The van der Waals surface area contributed by atoms with Gasteiger partial charge in [-0.3, -0.25) is 0 Å². The van der Waals surface area contributed by atoms with Crippen LogP contribution in [0, 0.1) is 5.41 Å². The molecule has 0 unspecified atom stereocenters. The summed E-state index contributed by atoms with van der Waals surface area (Å²) in [6.07, 6.45) is -4.37. The monoisotopic (exact) mass is 289 g/mol. The van der Waals surface area contributed by atoms with E-state index >= 15 is 0 Å². The van der Waals surface area contributed by atoms with Gasteiger partial charge in [0.05, 0.1) is 5.56 Å². The Morgan fingerprint density at radius 1 is 1.20 bits per heavy atom. The third-order valence-corrected chi connectivity index (χ3v) is 2.60. The number of rotatable bonds is 4. The fourth-order valence-electron chi connectivity index (χ4n) is 1.94. The summed E-state index contributed by atoms with van der Waals surface area (Å²) in [5.41, 5.74) is -0.706. The number of nitrogens with zero attached hydrogens (tertiary/aromatic N) is 2. The minimum atomic E-state index is -4.37. The van der Waals surface area contributed by atoms with Crippen LogP contribution in [0.15, 0.2) is 12.1 Å². The highest BCUT2D eigenvalue weighted by Gasteiger charge is 2.32. The second-order valence-electron chi connectivity index (χ2n) is 6.04. The first-order chi connectivity index (χ1) is 9.03. The van der Waals surface area contributed by atoms with Crippen molar-refractivity contribution in [1.29, 1.82) is 0 Å². The zero-order valence-corrected chi connectivity index (χ0v) is 12.6.